The lowest BCUT2D eigenvalue weighted by molar-refractivity contribution is -0.128. The Morgan fingerprint density at radius 3 is 1.96 bits per heavy atom. The summed E-state index contributed by atoms with van der Waals surface area (Å²) in [5.74, 6) is -3.52. The quantitative estimate of drug-likeness (QED) is 0.500. The van der Waals surface area contributed by atoms with Gasteiger partial charge < -0.3 is 14.9 Å². The molecule has 0 heterocycles. The molecule has 2 aromatic rings. The molecule has 0 bridgehead atoms. The molecule has 2 N–H and O–H groups in total. The second-order valence-corrected chi connectivity index (χ2v) is 4.52. The van der Waals surface area contributed by atoms with Gasteiger partial charge in [-0.3, -0.25) is 0 Å². The highest BCUT2D eigenvalue weighted by Gasteiger charge is 2.13. The van der Waals surface area contributed by atoms with Crippen LogP contribution in [0.1, 0.15) is 26.3 Å². The minimum Gasteiger partial charge on any atom is -0.478 e. The Bertz CT molecular complexity index is 745. The van der Waals surface area contributed by atoms with Crippen molar-refractivity contribution in [3.05, 3.63) is 71.3 Å². The molecule has 6 heteroatoms. The molecule has 23 heavy (non-hydrogen) atoms. The zero-order valence-electron chi connectivity index (χ0n) is 11.8. The number of esters is 1. The molecule has 0 aromatic heterocycles. The fourth-order valence-corrected chi connectivity index (χ4v) is 1.78. The van der Waals surface area contributed by atoms with Crippen molar-refractivity contribution in [3.8, 4) is 5.75 Å². The average molecular weight is 312 g/mol. The highest BCUT2D eigenvalue weighted by molar-refractivity contribution is 5.95. The van der Waals surface area contributed by atoms with Gasteiger partial charge in [0.25, 0.3) is 0 Å². The van der Waals surface area contributed by atoms with Crippen molar-refractivity contribution in [1.82, 2.24) is 0 Å². The summed E-state index contributed by atoms with van der Waals surface area (Å²) in [6.07, 6.45) is 2.70. The Balaban J connectivity index is 2.18. The summed E-state index contributed by atoms with van der Waals surface area (Å²) in [4.78, 5) is 33.7. The first-order chi connectivity index (χ1) is 11.0. The molecule has 0 spiro atoms. The van der Waals surface area contributed by atoms with Gasteiger partial charge in [0.1, 0.15) is 5.75 Å². The number of ether oxygens (including phenoxy) is 1. The molecule has 0 aliphatic rings. The first-order valence-electron chi connectivity index (χ1n) is 6.52. The third-order valence-corrected chi connectivity index (χ3v) is 2.83. The Morgan fingerprint density at radius 2 is 1.43 bits per heavy atom. The lowest BCUT2D eigenvalue weighted by atomic mass is 10.1. The van der Waals surface area contributed by atoms with E-state index >= 15 is 0 Å². The Hall–Kier alpha value is -3.41. The second-order valence-electron chi connectivity index (χ2n) is 4.52. The molecule has 0 saturated heterocycles. The molecule has 0 aliphatic heterocycles. The van der Waals surface area contributed by atoms with Gasteiger partial charge in [0.2, 0.25) is 0 Å². The number of carbonyl (C=O) groups is 3. The van der Waals surface area contributed by atoms with E-state index in [1.807, 2.05) is 6.07 Å². The Labute approximate surface area is 131 Å². The summed E-state index contributed by atoms with van der Waals surface area (Å²) in [6.45, 7) is 0. The maximum Gasteiger partial charge on any atom is 0.336 e. The summed E-state index contributed by atoms with van der Waals surface area (Å²) < 4.78 is 4.97. The van der Waals surface area contributed by atoms with Crippen molar-refractivity contribution in [3.63, 3.8) is 0 Å². The largest absolute Gasteiger partial charge is 0.478 e. The van der Waals surface area contributed by atoms with Crippen LogP contribution < -0.4 is 4.74 Å². The Kier molecular flexibility index (Phi) is 4.89. The van der Waals surface area contributed by atoms with E-state index in [1.165, 1.54) is 12.2 Å². The van der Waals surface area contributed by atoms with Crippen LogP contribution >= 0.6 is 0 Å². The number of carbonyl (C=O) groups excluding carboxylic acids is 1. The van der Waals surface area contributed by atoms with Gasteiger partial charge in [-0.25, -0.2) is 14.4 Å². The summed E-state index contributed by atoms with van der Waals surface area (Å²) in [5.41, 5.74) is 0.231. The lowest BCUT2D eigenvalue weighted by Gasteiger charge is -2.05. The van der Waals surface area contributed by atoms with Crippen LogP contribution in [0.4, 0.5) is 0 Å². The fourth-order valence-electron chi connectivity index (χ4n) is 1.78. The second kappa shape index (κ2) is 7.04. The van der Waals surface area contributed by atoms with Crippen LogP contribution in [0.15, 0.2) is 54.6 Å². The van der Waals surface area contributed by atoms with Crippen LogP contribution in [0, 0.1) is 0 Å². The number of carboxylic acid groups (broad SMARTS) is 2. The maximum absolute atomic E-state index is 11.7. The number of hydrogen-bond acceptors (Lipinski definition) is 4. The van der Waals surface area contributed by atoms with Crippen molar-refractivity contribution < 1.29 is 29.3 Å². The zero-order chi connectivity index (χ0) is 16.8. The molecule has 0 saturated carbocycles. The van der Waals surface area contributed by atoms with Crippen LogP contribution in [0.3, 0.4) is 0 Å². The van der Waals surface area contributed by atoms with Crippen molar-refractivity contribution in [1.29, 1.82) is 0 Å². The predicted octanol–water partition coefficient (Wildman–Crippen LogP) is 2.70. The highest BCUT2D eigenvalue weighted by atomic mass is 16.5. The van der Waals surface area contributed by atoms with E-state index in [0.717, 1.165) is 23.8 Å². The first kappa shape index (κ1) is 16.0. The Morgan fingerprint density at radius 1 is 0.870 bits per heavy atom. The molecule has 6 nitrogen and oxygen atoms in total. The minimum atomic E-state index is -1.31. The highest BCUT2D eigenvalue weighted by Crippen LogP contribution is 2.18. The van der Waals surface area contributed by atoms with Gasteiger partial charge >= 0.3 is 17.9 Å². The summed E-state index contributed by atoms with van der Waals surface area (Å²) in [7, 11) is 0. The summed E-state index contributed by atoms with van der Waals surface area (Å²) in [6, 6.07) is 12.2. The van der Waals surface area contributed by atoms with Gasteiger partial charge in [0.05, 0.1) is 11.1 Å². The lowest BCUT2D eigenvalue weighted by Crippen LogP contribution is -2.07. The summed E-state index contributed by atoms with van der Waals surface area (Å²) in [5, 5.41) is 17.9. The van der Waals surface area contributed by atoms with Gasteiger partial charge in [-0.15, -0.1) is 0 Å². The van der Waals surface area contributed by atoms with Gasteiger partial charge in [-0.05, 0) is 29.8 Å². The van der Waals surface area contributed by atoms with E-state index in [2.05, 4.69) is 0 Å². The molecular formula is C17H12O6. The topological polar surface area (TPSA) is 101 Å². The van der Waals surface area contributed by atoms with Crippen molar-refractivity contribution >= 4 is 24.0 Å². The molecule has 116 valence electrons. The predicted molar refractivity (Wildman–Crippen MR) is 81.5 cm³/mol. The van der Waals surface area contributed by atoms with Crippen LogP contribution in [-0.2, 0) is 4.79 Å². The molecule has 0 atom stereocenters. The fraction of sp³-hybridized carbons (Fsp3) is 0. The van der Waals surface area contributed by atoms with E-state index < -0.39 is 17.9 Å². The van der Waals surface area contributed by atoms with E-state index in [1.54, 1.807) is 24.3 Å². The smallest absolute Gasteiger partial charge is 0.336 e. The van der Waals surface area contributed by atoms with Gasteiger partial charge in [0, 0.05) is 6.08 Å². The van der Waals surface area contributed by atoms with Crippen molar-refractivity contribution in [2.75, 3.05) is 0 Å². The molecule has 0 unspecified atom stereocenters. The number of benzene rings is 2. The van der Waals surface area contributed by atoms with Gasteiger partial charge in [0.15, 0.2) is 0 Å². The minimum absolute atomic E-state index is 0.148. The third kappa shape index (κ3) is 4.53. The van der Waals surface area contributed by atoms with Crippen LogP contribution in [0.2, 0.25) is 0 Å². The standard InChI is InChI=1S/C17H12O6/c18-15(7-6-11-4-2-1-3-5-11)23-14-9-12(16(19)20)8-13(10-14)17(21)22/h1-10H,(H,19,20)(H,21,22). The average Bonchev–Trinajstić information content (AvgIpc) is 2.53. The maximum atomic E-state index is 11.7. The van der Waals surface area contributed by atoms with Crippen LogP contribution in [-0.4, -0.2) is 28.1 Å². The third-order valence-electron chi connectivity index (χ3n) is 2.83. The van der Waals surface area contributed by atoms with Gasteiger partial charge in [-0.2, -0.15) is 0 Å². The van der Waals surface area contributed by atoms with E-state index in [9.17, 15) is 14.4 Å². The van der Waals surface area contributed by atoms with Gasteiger partial charge in [-0.1, -0.05) is 30.3 Å². The molecule has 0 amide bonds. The van der Waals surface area contributed by atoms with Crippen molar-refractivity contribution in [2.24, 2.45) is 0 Å². The van der Waals surface area contributed by atoms with E-state index in [4.69, 9.17) is 14.9 Å². The molecular weight excluding hydrogens is 300 g/mol. The van der Waals surface area contributed by atoms with Crippen LogP contribution in [0.5, 0.6) is 5.75 Å². The molecule has 0 aliphatic carbocycles. The van der Waals surface area contributed by atoms with E-state index in [0.29, 0.717) is 0 Å². The molecule has 0 fully saturated rings. The summed E-state index contributed by atoms with van der Waals surface area (Å²) >= 11 is 0. The molecule has 2 aromatic carbocycles. The number of rotatable bonds is 5. The van der Waals surface area contributed by atoms with Crippen LogP contribution in [0.25, 0.3) is 6.08 Å². The van der Waals surface area contributed by atoms with E-state index in [-0.39, 0.29) is 16.9 Å². The normalized spacial score (nSPS) is 10.4. The monoisotopic (exact) mass is 312 g/mol. The van der Waals surface area contributed by atoms with Crippen molar-refractivity contribution in [2.45, 2.75) is 0 Å². The molecule has 2 rings (SSSR count). The number of aromatic carboxylic acids is 2. The SMILES string of the molecule is O=C(C=Cc1ccccc1)Oc1cc(C(=O)O)cc(C(=O)O)c1. The number of hydrogen-bond donors (Lipinski definition) is 2. The zero-order valence-corrected chi connectivity index (χ0v) is 11.8. The molecule has 0 radical (unpaired) electrons. The number of carboxylic acids is 2. The first-order valence-corrected chi connectivity index (χ1v) is 6.52.